The molecule has 0 amide bonds. The van der Waals surface area contributed by atoms with Crippen LogP contribution in [0.15, 0.2) is 42.5 Å². The summed E-state index contributed by atoms with van der Waals surface area (Å²) < 4.78 is 12.6. The molecule has 0 fully saturated rings. The molecule has 0 unspecified atom stereocenters. The molecule has 2 aromatic carbocycles. The van der Waals surface area contributed by atoms with Crippen molar-refractivity contribution in [3.63, 3.8) is 0 Å². The van der Waals surface area contributed by atoms with E-state index in [0.29, 0.717) is 59.3 Å². The molecule has 0 saturated carbocycles. The molecule has 31 heavy (non-hydrogen) atoms. The molecule has 0 aliphatic carbocycles. The fraction of sp³-hybridized carbons (Fsp3) is 0.261. The van der Waals surface area contributed by atoms with E-state index in [1.54, 1.807) is 24.9 Å². The summed E-state index contributed by atoms with van der Waals surface area (Å²) in [6.45, 7) is 0.0837. The highest BCUT2D eigenvalue weighted by atomic mass is 16.5. The minimum Gasteiger partial charge on any atom is -0.505 e. The van der Waals surface area contributed by atoms with Crippen LogP contribution in [0.2, 0.25) is 0 Å². The number of hydrogen-bond acceptors (Lipinski definition) is 6. The molecule has 0 aliphatic heterocycles. The molecule has 4 rings (SSSR count). The van der Waals surface area contributed by atoms with E-state index in [1.807, 2.05) is 36.4 Å². The number of aliphatic hydroxyl groups excluding tert-OH is 1. The van der Waals surface area contributed by atoms with Crippen LogP contribution in [0.5, 0.6) is 17.2 Å². The number of fused-ring (bicyclic) bond motifs is 1. The fourth-order valence-corrected chi connectivity index (χ4v) is 3.78. The zero-order valence-corrected chi connectivity index (χ0v) is 17.6. The van der Waals surface area contributed by atoms with Crippen molar-refractivity contribution >= 4 is 16.9 Å². The van der Waals surface area contributed by atoms with Crippen LogP contribution in [0.4, 0.5) is 5.82 Å². The van der Waals surface area contributed by atoms with E-state index in [1.165, 1.54) is 0 Å². The van der Waals surface area contributed by atoms with E-state index < -0.39 is 0 Å². The van der Waals surface area contributed by atoms with Gasteiger partial charge in [-0.05, 0) is 31.4 Å². The number of aromatic amines is 1. The summed E-state index contributed by atoms with van der Waals surface area (Å²) in [7, 11) is 3.16. The van der Waals surface area contributed by atoms with Crippen LogP contribution in [-0.2, 0) is 6.42 Å². The smallest absolute Gasteiger partial charge is 0.150 e. The number of para-hydroxylation sites is 2. The van der Waals surface area contributed by atoms with Crippen molar-refractivity contribution in [2.24, 2.45) is 0 Å². The lowest BCUT2D eigenvalue weighted by molar-refractivity contribution is 0.284. The van der Waals surface area contributed by atoms with E-state index in [2.05, 4.69) is 9.97 Å². The average Bonchev–Trinajstić information content (AvgIpc) is 3.31. The van der Waals surface area contributed by atoms with E-state index in [0.717, 1.165) is 11.0 Å². The van der Waals surface area contributed by atoms with E-state index in [4.69, 9.17) is 15.2 Å². The number of rotatable bonds is 8. The van der Waals surface area contributed by atoms with E-state index in [9.17, 15) is 10.2 Å². The summed E-state index contributed by atoms with van der Waals surface area (Å²) in [5.74, 6) is 2.12. The number of unbranched alkanes of at least 4 members (excludes halogenated alkanes) is 1. The Kier molecular flexibility index (Phi) is 5.73. The van der Waals surface area contributed by atoms with Gasteiger partial charge in [-0.25, -0.2) is 4.98 Å². The molecule has 2 heterocycles. The SMILES string of the molecule is COc1cc(OC)cc(-n2c(N)c(-c3nc4ccccc4[nH]3)c(O)c2CCCCO)c1. The molecule has 0 bridgehead atoms. The number of aromatic hydroxyl groups is 1. The zero-order valence-electron chi connectivity index (χ0n) is 17.6. The van der Waals surface area contributed by atoms with Crippen LogP contribution in [0.1, 0.15) is 18.5 Å². The van der Waals surface area contributed by atoms with Crippen LogP contribution in [0.3, 0.4) is 0 Å². The van der Waals surface area contributed by atoms with Gasteiger partial charge < -0.3 is 30.4 Å². The highest BCUT2D eigenvalue weighted by Gasteiger charge is 2.25. The number of aromatic nitrogens is 3. The predicted octanol–water partition coefficient (Wildman–Crippen LogP) is 3.64. The molecule has 5 N–H and O–H groups in total. The second-order valence-electron chi connectivity index (χ2n) is 7.25. The van der Waals surface area contributed by atoms with Crippen molar-refractivity contribution in [2.45, 2.75) is 19.3 Å². The van der Waals surface area contributed by atoms with Gasteiger partial charge in [0.05, 0.1) is 36.6 Å². The number of ether oxygens (including phenoxy) is 2. The summed E-state index contributed by atoms with van der Waals surface area (Å²) in [5.41, 5.74) is 10.0. The Balaban J connectivity index is 1.92. The van der Waals surface area contributed by atoms with Crippen molar-refractivity contribution in [1.29, 1.82) is 0 Å². The molecule has 0 spiro atoms. The molecule has 8 heteroatoms. The number of nitrogen functional groups attached to an aromatic ring is 1. The molecular formula is C23H26N4O4. The maximum atomic E-state index is 11.2. The number of imidazole rings is 1. The lowest BCUT2D eigenvalue weighted by Gasteiger charge is -2.14. The number of nitrogens with two attached hydrogens (primary N) is 1. The third kappa shape index (κ3) is 3.77. The first kappa shape index (κ1) is 20.6. The minimum atomic E-state index is 0.0660. The minimum absolute atomic E-state index is 0.0660. The average molecular weight is 422 g/mol. The fourth-order valence-electron chi connectivity index (χ4n) is 3.78. The van der Waals surface area contributed by atoms with Crippen LogP contribution in [0.25, 0.3) is 28.1 Å². The number of aliphatic hydroxyl groups is 1. The summed E-state index contributed by atoms with van der Waals surface area (Å²) in [6.07, 6.45) is 1.83. The molecule has 8 nitrogen and oxygen atoms in total. The molecule has 0 saturated heterocycles. The van der Waals surface area contributed by atoms with Crippen molar-refractivity contribution in [2.75, 3.05) is 26.6 Å². The summed E-state index contributed by atoms with van der Waals surface area (Å²) in [5, 5.41) is 20.4. The second-order valence-corrected chi connectivity index (χ2v) is 7.25. The van der Waals surface area contributed by atoms with Gasteiger partial charge in [0.25, 0.3) is 0 Å². The number of nitrogens with one attached hydrogen (secondary N) is 1. The Hall–Kier alpha value is -3.65. The van der Waals surface area contributed by atoms with Crippen LogP contribution in [-0.4, -0.2) is 45.6 Å². The van der Waals surface area contributed by atoms with Crippen LogP contribution in [0, 0.1) is 0 Å². The molecule has 4 aromatic rings. The molecule has 2 aromatic heterocycles. The van der Waals surface area contributed by atoms with Gasteiger partial charge in [0.1, 0.15) is 34.5 Å². The summed E-state index contributed by atoms with van der Waals surface area (Å²) in [6, 6.07) is 13.1. The topological polar surface area (TPSA) is 119 Å². The maximum absolute atomic E-state index is 11.2. The van der Waals surface area contributed by atoms with Gasteiger partial charge >= 0.3 is 0 Å². The Morgan fingerprint density at radius 2 is 1.77 bits per heavy atom. The van der Waals surface area contributed by atoms with Crippen LogP contribution >= 0.6 is 0 Å². The first-order chi connectivity index (χ1) is 15.1. The lowest BCUT2D eigenvalue weighted by atomic mass is 10.1. The Labute approximate surface area is 179 Å². The predicted molar refractivity (Wildman–Crippen MR) is 120 cm³/mol. The molecule has 0 radical (unpaired) electrons. The standard InChI is InChI=1S/C23H26N4O4/c1-30-15-11-14(12-16(13-15)31-2)27-19(9-5-6-10-28)21(29)20(22(27)24)23-25-17-7-3-4-8-18(17)26-23/h3-4,7-8,11-13,28-29H,5-6,9-10,24H2,1-2H3,(H,25,26). The Morgan fingerprint density at radius 3 is 2.42 bits per heavy atom. The normalized spacial score (nSPS) is 11.2. The molecular weight excluding hydrogens is 396 g/mol. The van der Waals surface area contributed by atoms with Crippen molar-refractivity contribution < 1.29 is 19.7 Å². The largest absolute Gasteiger partial charge is 0.505 e. The summed E-state index contributed by atoms with van der Waals surface area (Å²) >= 11 is 0. The number of nitrogens with zero attached hydrogens (tertiary/aromatic N) is 2. The molecule has 0 atom stereocenters. The number of anilines is 1. The Bertz CT molecular complexity index is 1160. The van der Waals surface area contributed by atoms with Crippen molar-refractivity contribution in [3.8, 4) is 34.3 Å². The number of benzene rings is 2. The first-order valence-corrected chi connectivity index (χ1v) is 10.1. The third-order valence-electron chi connectivity index (χ3n) is 5.32. The number of hydrogen-bond donors (Lipinski definition) is 4. The van der Waals surface area contributed by atoms with Gasteiger partial charge in [0.2, 0.25) is 0 Å². The highest BCUT2D eigenvalue weighted by molar-refractivity contribution is 5.86. The second kappa shape index (κ2) is 8.61. The zero-order chi connectivity index (χ0) is 22.0. The molecule has 0 aliphatic rings. The monoisotopic (exact) mass is 422 g/mol. The van der Waals surface area contributed by atoms with Gasteiger partial charge in [-0.2, -0.15) is 0 Å². The number of methoxy groups -OCH3 is 2. The Morgan fingerprint density at radius 1 is 1.06 bits per heavy atom. The lowest BCUT2D eigenvalue weighted by Crippen LogP contribution is -2.06. The van der Waals surface area contributed by atoms with Gasteiger partial charge in [-0.3, -0.25) is 4.57 Å². The highest BCUT2D eigenvalue weighted by Crippen LogP contribution is 2.43. The van der Waals surface area contributed by atoms with Crippen molar-refractivity contribution in [1.82, 2.24) is 14.5 Å². The first-order valence-electron chi connectivity index (χ1n) is 10.1. The summed E-state index contributed by atoms with van der Waals surface area (Å²) in [4.78, 5) is 7.86. The van der Waals surface area contributed by atoms with Crippen LogP contribution < -0.4 is 15.2 Å². The van der Waals surface area contributed by atoms with E-state index in [-0.39, 0.29) is 12.4 Å². The third-order valence-corrected chi connectivity index (χ3v) is 5.32. The number of H-pyrrole nitrogens is 1. The van der Waals surface area contributed by atoms with Crippen molar-refractivity contribution in [3.05, 3.63) is 48.2 Å². The quantitative estimate of drug-likeness (QED) is 0.322. The maximum Gasteiger partial charge on any atom is 0.150 e. The van der Waals surface area contributed by atoms with Gasteiger partial charge in [0, 0.05) is 24.8 Å². The van der Waals surface area contributed by atoms with Gasteiger partial charge in [-0.1, -0.05) is 12.1 Å². The van der Waals surface area contributed by atoms with Gasteiger partial charge in [0.15, 0.2) is 0 Å². The van der Waals surface area contributed by atoms with E-state index >= 15 is 0 Å². The van der Waals surface area contributed by atoms with Gasteiger partial charge in [-0.15, -0.1) is 0 Å². The molecule has 162 valence electrons.